The van der Waals surface area contributed by atoms with Gasteiger partial charge in [-0.2, -0.15) is 16.1 Å². The zero-order valence-corrected chi connectivity index (χ0v) is 15.8. The molecule has 4 rings (SSSR count). The topological polar surface area (TPSA) is 86.3 Å². The number of benzene rings is 2. The number of carboxylic acid groups (broad SMARTS) is 1. The van der Waals surface area contributed by atoms with E-state index in [-0.39, 0.29) is 11.3 Å². The van der Waals surface area contributed by atoms with Crippen LogP contribution in [0.3, 0.4) is 0 Å². The second kappa shape index (κ2) is 6.60. The molecule has 1 aliphatic carbocycles. The molecule has 2 unspecified atom stereocenters. The molecule has 138 valence electrons. The Balaban J connectivity index is 1.59. The first-order valence-electron chi connectivity index (χ1n) is 8.35. The van der Waals surface area contributed by atoms with Crippen molar-refractivity contribution in [1.29, 1.82) is 0 Å². The Bertz CT molecular complexity index is 1060. The van der Waals surface area contributed by atoms with Gasteiger partial charge >= 0.3 is 0 Å². The maximum absolute atomic E-state index is 12.8. The molecule has 1 N–H and O–H groups in total. The number of nitrogens with one attached hydrogen (secondary N) is 1. The zero-order chi connectivity index (χ0) is 19.1. The molecule has 0 saturated heterocycles. The van der Waals surface area contributed by atoms with Gasteiger partial charge in [-0.3, -0.25) is 0 Å². The van der Waals surface area contributed by atoms with E-state index in [1.165, 1.54) is 12.1 Å². The highest BCUT2D eigenvalue weighted by Crippen LogP contribution is 2.51. The van der Waals surface area contributed by atoms with Crippen molar-refractivity contribution in [3.63, 3.8) is 0 Å². The lowest BCUT2D eigenvalue weighted by Gasteiger charge is -2.21. The average Bonchev–Trinajstić information content (AvgIpc) is 3.13. The number of aliphatic carboxylic acids is 1. The second-order valence-corrected chi connectivity index (χ2v) is 9.03. The van der Waals surface area contributed by atoms with Crippen molar-refractivity contribution < 1.29 is 18.3 Å². The lowest BCUT2D eigenvalue weighted by molar-refractivity contribution is -0.309. The highest BCUT2D eigenvalue weighted by Gasteiger charge is 2.58. The van der Waals surface area contributed by atoms with Crippen LogP contribution in [-0.4, -0.2) is 19.9 Å². The number of carbonyl (C=O) groups is 1. The number of carbonyl (C=O) groups excluding carboxylic acids is 1. The van der Waals surface area contributed by atoms with Crippen LogP contribution < -0.4 is 9.83 Å². The van der Waals surface area contributed by atoms with Crippen LogP contribution in [0, 0.1) is 0 Å². The van der Waals surface area contributed by atoms with E-state index in [1.807, 2.05) is 22.9 Å². The summed E-state index contributed by atoms with van der Waals surface area (Å²) >= 11 is 1.56. The molecule has 7 heteroatoms. The summed E-state index contributed by atoms with van der Waals surface area (Å²) in [6, 6.07) is 17.3. The molecule has 0 amide bonds. The molecule has 0 aliphatic heterocycles. The Labute approximate surface area is 161 Å². The first-order valence-corrected chi connectivity index (χ1v) is 10.8. The van der Waals surface area contributed by atoms with Gasteiger partial charge in [-0.15, -0.1) is 0 Å². The third-order valence-corrected chi connectivity index (χ3v) is 7.07. The normalized spacial score (nSPS) is 21.7. The van der Waals surface area contributed by atoms with Crippen LogP contribution in [0.2, 0.25) is 0 Å². The van der Waals surface area contributed by atoms with Crippen molar-refractivity contribution in [2.24, 2.45) is 0 Å². The number of rotatable bonds is 6. The lowest BCUT2D eigenvalue weighted by atomic mass is 10.1. The molecule has 1 fully saturated rings. The van der Waals surface area contributed by atoms with Crippen LogP contribution in [0.15, 0.2) is 76.3 Å². The molecule has 1 aliphatic rings. The summed E-state index contributed by atoms with van der Waals surface area (Å²) in [4.78, 5) is 11.8. The largest absolute Gasteiger partial charge is 0.548 e. The number of carboxylic acids is 1. The van der Waals surface area contributed by atoms with Gasteiger partial charge in [0, 0.05) is 5.92 Å². The van der Waals surface area contributed by atoms with Gasteiger partial charge in [-0.05, 0) is 52.1 Å². The monoisotopic (exact) mass is 398 g/mol. The minimum absolute atomic E-state index is 0.0285. The molecule has 0 spiro atoms. The first kappa shape index (κ1) is 17.9. The van der Waals surface area contributed by atoms with E-state index in [4.69, 9.17) is 0 Å². The van der Waals surface area contributed by atoms with Gasteiger partial charge in [0.2, 0.25) is 10.0 Å². The van der Waals surface area contributed by atoms with E-state index in [1.54, 1.807) is 47.7 Å². The number of thiophene rings is 1. The van der Waals surface area contributed by atoms with Gasteiger partial charge in [0.05, 0.1) is 16.4 Å². The highest BCUT2D eigenvalue weighted by atomic mass is 32.2. The summed E-state index contributed by atoms with van der Waals surface area (Å²) < 4.78 is 27.9. The first-order chi connectivity index (χ1) is 12.9. The second-order valence-electron chi connectivity index (χ2n) is 6.57. The van der Waals surface area contributed by atoms with Crippen molar-refractivity contribution >= 4 is 27.3 Å². The van der Waals surface area contributed by atoms with Gasteiger partial charge in [0.15, 0.2) is 0 Å². The van der Waals surface area contributed by atoms with Crippen LogP contribution in [0.25, 0.3) is 11.1 Å². The van der Waals surface area contributed by atoms with E-state index in [2.05, 4.69) is 4.72 Å². The molecule has 1 saturated carbocycles. The molecular formula is C20H16NO4S2-. The Morgan fingerprint density at radius 1 is 1.04 bits per heavy atom. The smallest absolute Gasteiger partial charge is 0.241 e. The van der Waals surface area contributed by atoms with Crippen LogP contribution in [0.5, 0.6) is 0 Å². The predicted octanol–water partition coefficient (Wildman–Crippen LogP) is 2.37. The number of hydrogen-bond donors (Lipinski definition) is 1. The minimum Gasteiger partial charge on any atom is -0.548 e. The average molecular weight is 398 g/mol. The van der Waals surface area contributed by atoms with Gasteiger partial charge in [-0.1, -0.05) is 42.5 Å². The number of sulfonamides is 1. The van der Waals surface area contributed by atoms with Crippen molar-refractivity contribution in [3.8, 4) is 11.1 Å². The predicted molar refractivity (Wildman–Crippen MR) is 102 cm³/mol. The summed E-state index contributed by atoms with van der Waals surface area (Å²) in [5.41, 5.74) is 1.08. The van der Waals surface area contributed by atoms with Crippen LogP contribution in [-0.2, 0) is 14.8 Å². The molecule has 1 heterocycles. The third kappa shape index (κ3) is 3.29. The summed E-state index contributed by atoms with van der Waals surface area (Å²) in [6.07, 6.45) is 0.172. The minimum atomic E-state index is -4.00. The molecule has 0 radical (unpaired) electrons. The maximum Gasteiger partial charge on any atom is 0.241 e. The fourth-order valence-electron chi connectivity index (χ4n) is 3.28. The summed E-state index contributed by atoms with van der Waals surface area (Å²) in [6.45, 7) is 0. The van der Waals surface area contributed by atoms with Gasteiger partial charge < -0.3 is 9.90 Å². The SMILES string of the molecule is O=C([O-])C1(NS(=O)(=O)c2ccc(-c3ccsc3)cc2)CC1c1ccccc1. The quantitative estimate of drug-likeness (QED) is 0.691. The van der Waals surface area contributed by atoms with Crippen LogP contribution in [0.4, 0.5) is 0 Å². The molecule has 27 heavy (non-hydrogen) atoms. The van der Waals surface area contributed by atoms with Gasteiger partial charge in [0.1, 0.15) is 0 Å². The summed E-state index contributed by atoms with van der Waals surface area (Å²) in [5, 5.41) is 15.7. The molecule has 2 atom stereocenters. The molecular weight excluding hydrogens is 382 g/mol. The fourth-order valence-corrected chi connectivity index (χ4v) is 5.35. The van der Waals surface area contributed by atoms with E-state index in [0.717, 1.165) is 16.7 Å². The van der Waals surface area contributed by atoms with Crippen molar-refractivity contribution in [3.05, 3.63) is 77.0 Å². The molecule has 3 aromatic rings. The van der Waals surface area contributed by atoms with Crippen LogP contribution >= 0.6 is 11.3 Å². The van der Waals surface area contributed by atoms with Crippen LogP contribution in [0.1, 0.15) is 17.9 Å². The Kier molecular flexibility index (Phi) is 4.38. The van der Waals surface area contributed by atoms with Crippen molar-refractivity contribution in [2.75, 3.05) is 0 Å². The maximum atomic E-state index is 12.8. The van der Waals surface area contributed by atoms with E-state index < -0.39 is 27.4 Å². The van der Waals surface area contributed by atoms with Crippen molar-refractivity contribution in [2.45, 2.75) is 22.8 Å². The van der Waals surface area contributed by atoms with Crippen molar-refractivity contribution in [1.82, 2.24) is 4.72 Å². The molecule has 0 bridgehead atoms. The van der Waals surface area contributed by atoms with Gasteiger partial charge in [0.25, 0.3) is 0 Å². The summed E-state index contributed by atoms with van der Waals surface area (Å²) in [5.74, 6) is -1.85. The third-order valence-electron chi connectivity index (χ3n) is 4.86. The van der Waals surface area contributed by atoms with E-state index in [9.17, 15) is 18.3 Å². The van der Waals surface area contributed by atoms with E-state index >= 15 is 0 Å². The Hall–Kier alpha value is -2.48. The molecule has 5 nitrogen and oxygen atoms in total. The highest BCUT2D eigenvalue weighted by molar-refractivity contribution is 7.89. The number of hydrogen-bond acceptors (Lipinski definition) is 5. The summed E-state index contributed by atoms with van der Waals surface area (Å²) in [7, 11) is -4.00. The Morgan fingerprint density at radius 2 is 1.74 bits per heavy atom. The Morgan fingerprint density at radius 3 is 2.33 bits per heavy atom. The zero-order valence-electron chi connectivity index (χ0n) is 14.2. The fraction of sp³-hybridized carbons (Fsp3) is 0.150. The standard InChI is InChI=1S/C20H17NO4S2/c22-19(23)20(12-18(20)15-4-2-1-3-5-15)21-27(24,25)17-8-6-14(7-9-17)16-10-11-26-13-16/h1-11,13,18,21H,12H2,(H,22,23)/p-1. The van der Waals surface area contributed by atoms with Gasteiger partial charge in [-0.25, -0.2) is 8.42 Å². The molecule has 2 aromatic carbocycles. The molecule has 1 aromatic heterocycles. The van der Waals surface area contributed by atoms with E-state index in [0.29, 0.717) is 0 Å². The lowest BCUT2D eigenvalue weighted by Crippen LogP contribution is -2.51.